The minimum absolute atomic E-state index is 0.226. The van der Waals surface area contributed by atoms with E-state index in [4.69, 9.17) is 14.6 Å². The van der Waals surface area contributed by atoms with E-state index < -0.39 is 5.97 Å². The number of carboxylic acid groups (broad SMARTS) is 1. The van der Waals surface area contributed by atoms with Gasteiger partial charge in [0.15, 0.2) is 0 Å². The van der Waals surface area contributed by atoms with Gasteiger partial charge in [-0.2, -0.15) is 5.10 Å². The summed E-state index contributed by atoms with van der Waals surface area (Å²) < 4.78 is 10.4. The van der Waals surface area contributed by atoms with Crippen LogP contribution in [0.5, 0.6) is 11.5 Å². The third-order valence-corrected chi connectivity index (χ3v) is 2.97. The number of hydrogen-bond donors (Lipinski definition) is 2. The van der Waals surface area contributed by atoms with Crippen molar-refractivity contribution >= 4 is 17.9 Å². The van der Waals surface area contributed by atoms with E-state index in [1.807, 2.05) is 0 Å². The number of methoxy groups -OCH3 is 2. The lowest BCUT2D eigenvalue weighted by molar-refractivity contribution is 0.0697. The molecule has 0 bridgehead atoms. The van der Waals surface area contributed by atoms with Gasteiger partial charge in [0.05, 0.1) is 31.7 Å². The molecule has 0 saturated heterocycles. The highest BCUT2D eigenvalue weighted by atomic mass is 16.5. The number of aromatic carboxylic acids is 1. The molecule has 22 heavy (non-hydrogen) atoms. The number of carboxylic acids is 1. The summed E-state index contributed by atoms with van der Waals surface area (Å²) in [6.45, 7) is 0. The lowest BCUT2D eigenvalue weighted by atomic mass is 10.2. The predicted octanol–water partition coefficient (Wildman–Crippen LogP) is 2.85. The standard InChI is InChI=1S/C16H16N2O4/c1-21-14-7-8-15(22-2)12(9-14)10-17-18-13-5-3-11(4-6-13)16(19)20/h3-10,18H,1-2H3,(H,19,20)/b17-10+. The molecule has 0 aliphatic rings. The number of hydrazone groups is 1. The van der Waals surface area contributed by atoms with Crippen LogP contribution in [0.3, 0.4) is 0 Å². The molecule has 0 unspecified atom stereocenters. The average molecular weight is 300 g/mol. The zero-order chi connectivity index (χ0) is 15.9. The van der Waals surface area contributed by atoms with E-state index in [9.17, 15) is 4.79 Å². The highest BCUT2D eigenvalue weighted by molar-refractivity contribution is 5.88. The van der Waals surface area contributed by atoms with Crippen molar-refractivity contribution in [2.45, 2.75) is 0 Å². The number of ether oxygens (including phenoxy) is 2. The summed E-state index contributed by atoms with van der Waals surface area (Å²) in [6.07, 6.45) is 1.60. The largest absolute Gasteiger partial charge is 0.497 e. The van der Waals surface area contributed by atoms with Crippen molar-refractivity contribution < 1.29 is 19.4 Å². The smallest absolute Gasteiger partial charge is 0.335 e. The molecule has 0 aromatic heterocycles. The molecule has 2 N–H and O–H groups in total. The molecule has 0 radical (unpaired) electrons. The van der Waals surface area contributed by atoms with Crippen LogP contribution in [-0.2, 0) is 0 Å². The van der Waals surface area contributed by atoms with Crippen LogP contribution in [0.15, 0.2) is 47.6 Å². The first kappa shape index (κ1) is 15.4. The van der Waals surface area contributed by atoms with Crippen molar-refractivity contribution in [1.29, 1.82) is 0 Å². The Morgan fingerprint density at radius 2 is 1.86 bits per heavy atom. The molecule has 2 rings (SSSR count). The summed E-state index contributed by atoms with van der Waals surface area (Å²) in [5.74, 6) is 0.414. The SMILES string of the molecule is COc1ccc(OC)c(/C=N/Nc2ccc(C(=O)O)cc2)c1. The quantitative estimate of drug-likeness (QED) is 0.633. The van der Waals surface area contributed by atoms with Crippen LogP contribution in [0.1, 0.15) is 15.9 Å². The maximum Gasteiger partial charge on any atom is 0.335 e. The summed E-state index contributed by atoms with van der Waals surface area (Å²) in [6, 6.07) is 11.7. The topological polar surface area (TPSA) is 80.2 Å². The normalized spacial score (nSPS) is 10.5. The lowest BCUT2D eigenvalue weighted by Crippen LogP contribution is -1.97. The second kappa shape index (κ2) is 7.12. The van der Waals surface area contributed by atoms with E-state index in [1.54, 1.807) is 50.8 Å². The van der Waals surface area contributed by atoms with Gasteiger partial charge in [0.1, 0.15) is 11.5 Å². The molecule has 6 heteroatoms. The Morgan fingerprint density at radius 3 is 2.45 bits per heavy atom. The molecule has 0 atom stereocenters. The van der Waals surface area contributed by atoms with Gasteiger partial charge in [-0.15, -0.1) is 0 Å². The maximum atomic E-state index is 10.8. The van der Waals surface area contributed by atoms with Gasteiger partial charge < -0.3 is 14.6 Å². The van der Waals surface area contributed by atoms with Crippen molar-refractivity contribution in [2.75, 3.05) is 19.6 Å². The maximum absolute atomic E-state index is 10.8. The van der Waals surface area contributed by atoms with E-state index >= 15 is 0 Å². The molecule has 0 aliphatic heterocycles. The Bertz CT molecular complexity index is 681. The van der Waals surface area contributed by atoms with E-state index in [0.29, 0.717) is 17.2 Å². The van der Waals surface area contributed by atoms with Crippen LogP contribution < -0.4 is 14.9 Å². The monoisotopic (exact) mass is 300 g/mol. The second-order valence-corrected chi connectivity index (χ2v) is 4.36. The summed E-state index contributed by atoms with van der Waals surface area (Å²) in [4.78, 5) is 10.8. The fraction of sp³-hybridized carbons (Fsp3) is 0.125. The second-order valence-electron chi connectivity index (χ2n) is 4.36. The molecular formula is C16H16N2O4. The summed E-state index contributed by atoms with van der Waals surface area (Å²) in [7, 11) is 3.17. The number of rotatable bonds is 6. The summed E-state index contributed by atoms with van der Waals surface area (Å²) in [5, 5.41) is 12.9. The van der Waals surface area contributed by atoms with E-state index in [-0.39, 0.29) is 5.56 Å². The van der Waals surface area contributed by atoms with Crippen molar-refractivity contribution in [3.05, 3.63) is 53.6 Å². The van der Waals surface area contributed by atoms with Crippen LogP contribution >= 0.6 is 0 Å². The number of nitrogens with zero attached hydrogens (tertiary/aromatic N) is 1. The first-order chi connectivity index (χ1) is 10.6. The highest BCUT2D eigenvalue weighted by Crippen LogP contribution is 2.22. The number of hydrogen-bond acceptors (Lipinski definition) is 5. The Morgan fingerprint density at radius 1 is 1.14 bits per heavy atom. The zero-order valence-corrected chi connectivity index (χ0v) is 12.2. The molecule has 0 heterocycles. The Labute approximate surface area is 128 Å². The molecule has 114 valence electrons. The molecule has 6 nitrogen and oxygen atoms in total. The van der Waals surface area contributed by atoms with Crippen molar-refractivity contribution in [1.82, 2.24) is 0 Å². The van der Waals surface area contributed by atoms with Crippen LogP contribution in [0.25, 0.3) is 0 Å². The first-order valence-corrected chi connectivity index (χ1v) is 6.48. The fourth-order valence-corrected chi connectivity index (χ4v) is 1.80. The van der Waals surface area contributed by atoms with Gasteiger partial charge in [-0.3, -0.25) is 5.43 Å². The van der Waals surface area contributed by atoms with Gasteiger partial charge >= 0.3 is 5.97 Å². The Hall–Kier alpha value is -3.02. The average Bonchev–Trinajstić information content (AvgIpc) is 2.55. The number of benzene rings is 2. The Balaban J connectivity index is 2.10. The minimum Gasteiger partial charge on any atom is -0.497 e. The van der Waals surface area contributed by atoms with E-state index in [1.165, 1.54) is 12.1 Å². The predicted molar refractivity (Wildman–Crippen MR) is 84.2 cm³/mol. The lowest BCUT2D eigenvalue weighted by Gasteiger charge is -2.07. The van der Waals surface area contributed by atoms with Crippen LogP contribution in [0.2, 0.25) is 0 Å². The van der Waals surface area contributed by atoms with Gasteiger partial charge in [-0.1, -0.05) is 0 Å². The fourth-order valence-electron chi connectivity index (χ4n) is 1.80. The summed E-state index contributed by atoms with van der Waals surface area (Å²) >= 11 is 0. The molecule has 2 aromatic rings. The van der Waals surface area contributed by atoms with Gasteiger partial charge in [0.25, 0.3) is 0 Å². The van der Waals surface area contributed by atoms with Crippen molar-refractivity contribution in [3.8, 4) is 11.5 Å². The van der Waals surface area contributed by atoms with Gasteiger partial charge in [-0.25, -0.2) is 4.79 Å². The molecule has 0 spiro atoms. The van der Waals surface area contributed by atoms with Crippen molar-refractivity contribution in [3.63, 3.8) is 0 Å². The highest BCUT2D eigenvalue weighted by Gasteiger charge is 2.03. The Kier molecular flexibility index (Phi) is 4.98. The third kappa shape index (κ3) is 3.76. The van der Waals surface area contributed by atoms with E-state index in [0.717, 1.165) is 5.56 Å². The zero-order valence-electron chi connectivity index (χ0n) is 12.2. The molecular weight excluding hydrogens is 284 g/mol. The van der Waals surface area contributed by atoms with Crippen molar-refractivity contribution in [2.24, 2.45) is 5.10 Å². The molecule has 0 aliphatic carbocycles. The molecule has 2 aromatic carbocycles. The number of carbonyl (C=O) groups is 1. The molecule has 0 saturated carbocycles. The van der Waals surface area contributed by atoms with Crippen LogP contribution in [-0.4, -0.2) is 31.5 Å². The van der Waals surface area contributed by atoms with Gasteiger partial charge in [0.2, 0.25) is 0 Å². The van der Waals surface area contributed by atoms with Crippen LogP contribution in [0, 0.1) is 0 Å². The van der Waals surface area contributed by atoms with Crippen LogP contribution in [0.4, 0.5) is 5.69 Å². The van der Waals surface area contributed by atoms with Gasteiger partial charge in [-0.05, 0) is 42.5 Å². The van der Waals surface area contributed by atoms with E-state index in [2.05, 4.69) is 10.5 Å². The number of nitrogens with one attached hydrogen (secondary N) is 1. The number of anilines is 1. The summed E-state index contributed by atoms with van der Waals surface area (Å²) in [5.41, 5.74) is 4.50. The first-order valence-electron chi connectivity index (χ1n) is 6.48. The van der Waals surface area contributed by atoms with Gasteiger partial charge in [0, 0.05) is 5.56 Å². The molecule has 0 amide bonds. The third-order valence-electron chi connectivity index (χ3n) is 2.97. The minimum atomic E-state index is -0.962. The molecule has 0 fully saturated rings.